The molecule has 7 heteroatoms. The molecule has 29 heavy (non-hydrogen) atoms. The Morgan fingerprint density at radius 3 is 2.38 bits per heavy atom. The van der Waals surface area contributed by atoms with Gasteiger partial charge in [0.05, 0.1) is 6.10 Å². The molecule has 0 heterocycles. The lowest BCUT2D eigenvalue weighted by Gasteiger charge is -2.53. The van der Waals surface area contributed by atoms with E-state index in [2.05, 4.69) is 10.3 Å². The van der Waals surface area contributed by atoms with Crippen LogP contribution in [0, 0.1) is 41.4 Å². The van der Waals surface area contributed by atoms with E-state index in [4.69, 9.17) is 0 Å². The lowest BCUT2D eigenvalue weighted by atomic mass is 9.52. The predicted octanol–water partition coefficient (Wildman–Crippen LogP) is 5.82. The quantitative estimate of drug-likeness (QED) is 0.314. The largest absolute Gasteiger partial charge is 0.523 e. The standard InChI is InChI=1S/C22H31F3O3S/c23-22(24,25)29(26,27)28-15-6-9-17-14(12-15)5-8-21-19(17)11-10-18-16-3-1-2-13(16)4-7-20(18)21/h10,13-17,19-21H,1-9,11-12H2. The van der Waals surface area contributed by atoms with E-state index in [1.54, 1.807) is 5.57 Å². The predicted molar refractivity (Wildman–Crippen MR) is 103 cm³/mol. The highest BCUT2D eigenvalue weighted by Gasteiger charge is 2.52. The first kappa shape index (κ1) is 20.3. The molecule has 4 fully saturated rings. The van der Waals surface area contributed by atoms with Crippen LogP contribution in [0.1, 0.15) is 70.6 Å². The van der Waals surface area contributed by atoms with Crippen LogP contribution in [0.2, 0.25) is 0 Å². The van der Waals surface area contributed by atoms with Crippen molar-refractivity contribution < 1.29 is 25.8 Å². The molecule has 3 nitrogen and oxygen atoms in total. The number of halogens is 3. The van der Waals surface area contributed by atoms with Crippen molar-refractivity contribution in [1.29, 1.82) is 0 Å². The Balaban J connectivity index is 1.28. The molecule has 0 amide bonds. The Morgan fingerprint density at radius 1 is 0.828 bits per heavy atom. The second-order valence-corrected chi connectivity index (χ2v) is 11.7. The topological polar surface area (TPSA) is 43.4 Å². The molecule has 0 N–H and O–H groups in total. The van der Waals surface area contributed by atoms with Crippen molar-refractivity contribution in [2.45, 2.75) is 82.2 Å². The maximum Gasteiger partial charge on any atom is 0.523 e. The lowest BCUT2D eigenvalue weighted by molar-refractivity contribution is -0.0646. The van der Waals surface area contributed by atoms with E-state index in [0.717, 1.165) is 49.4 Å². The molecule has 0 radical (unpaired) electrons. The zero-order chi connectivity index (χ0) is 20.4. The molecule has 5 aliphatic rings. The summed E-state index contributed by atoms with van der Waals surface area (Å²) in [6, 6.07) is 0. The fourth-order valence-corrected chi connectivity index (χ4v) is 8.58. The SMILES string of the molecule is O=S(=O)(OC1CCC2C(CCC3C4CCC5CCCC5C4=CCC23)C1)C(F)(F)F. The Kier molecular flexibility index (Phi) is 5.09. The minimum Gasteiger partial charge on any atom is -0.260 e. The molecule has 4 saturated carbocycles. The second kappa shape index (κ2) is 7.25. The number of fused-ring (bicyclic) bond motifs is 7. The van der Waals surface area contributed by atoms with E-state index in [1.165, 1.54) is 32.1 Å². The third-order valence-corrected chi connectivity index (χ3v) is 10.1. The molecule has 8 atom stereocenters. The maximum absolute atomic E-state index is 12.7. The zero-order valence-electron chi connectivity index (χ0n) is 16.7. The molecule has 0 aromatic carbocycles. The van der Waals surface area contributed by atoms with E-state index in [0.29, 0.717) is 30.6 Å². The molecule has 0 bridgehead atoms. The van der Waals surface area contributed by atoms with Crippen molar-refractivity contribution in [1.82, 2.24) is 0 Å². The van der Waals surface area contributed by atoms with Crippen LogP contribution in [-0.4, -0.2) is 20.0 Å². The number of alkyl halides is 3. The van der Waals surface area contributed by atoms with Crippen molar-refractivity contribution in [3.63, 3.8) is 0 Å². The first-order chi connectivity index (χ1) is 13.7. The summed E-state index contributed by atoms with van der Waals surface area (Å²) in [4.78, 5) is 0. The Labute approximate surface area is 171 Å². The highest BCUT2D eigenvalue weighted by atomic mass is 32.2. The number of hydrogen-bond donors (Lipinski definition) is 0. The summed E-state index contributed by atoms with van der Waals surface area (Å²) in [5.41, 5.74) is -3.57. The monoisotopic (exact) mass is 432 g/mol. The van der Waals surface area contributed by atoms with E-state index in [9.17, 15) is 21.6 Å². The van der Waals surface area contributed by atoms with E-state index in [-0.39, 0.29) is 0 Å². The Bertz CT molecular complexity index is 775. The lowest BCUT2D eigenvalue weighted by Crippen LogP contribution is -2.46. The fourth-order valence-electron chi connectivity index (χ4n) is 7.94. The summed E-state index contributed by atoms with van der Waals surface area (Å²) in [7, 11) is -5.49. The normalized spacial score (nSPS) is 44.9. The molecule has 0 aromatic heterocycles. The highest BCUT2D eigenvalue weighted by molar-refractivity contribution is 7.87. The molecular formula is C22H31F3O3S. The summed E-state index contributed by atoms with van der Waals surface area (Å²) in [6.07, 6.45) is 13.5. The molecular weight excluding hydrogens is 401 g/mol. The molecule has 5 aliphatic carbocycles. The first-order valence-electron chi connectivity index (χ1n) is 11.4. The van der Waals surface area contributed by atoms with Crippen LogP contribution in [0.4, 0.5) is 13.2 Å². The van der Waals surface area contributed by atoms with Gasteiger partial charge < -0.3 is 0 Å². The summed E-state index contributed by atoms with van der Waals surface area (Å²) >= 11 is 0. The average molecular weight is 433 g/mol. The second-order valence-electron chi connectivity index (χ2n) is 10.2. The molecule has 164 valence electrons. The number of hydrogen-bond acceptors (Lipinski definition) is 3. The van der Waals surface area contributed by atoms with Gasteiger partial charge in [-0.3, -0.25) is 4.18 Å². The van der Waals surface area contributed by atoms with Gasteiger partial charge in [0.25, 0.3) is 0 Å². The molecule has 0 saturated heterocycles. The van der Waals surface area contributed by atoms with Crippen LogP contribution in [0.25, 0.3) is 0 Å². The van der Waals surface area contributed by atoms with Gasteiger partial charge in [-0.15, -0.1) is 0 Å². The molecule has 0 aliphatic heterocycles. The summed E-state index contributed by atoms with van der Waals surface area (Å²) in [5.74, 6) is 4.64. The fraction of sp³-hybridized carbons (Fsp3) is 0.909. The third-order valence-electron chi connectivity index (χ3n) is 9.02. The van der Waals surface area contributed by atoms with Gasteiger partial charge in [0, 0.05) is 0 Å². The van der Waals surface area contributed by atoms with Gasteiger partial charge in [-0.25, -0.2) is 0 Å². The van der Waals surface area contributed by atoms with Gasteiger partial charge in [-0.2, -0.15) is 21.6 Å². The van der Waals surface area contributed by atoms with Crippen molar-refractivity contribution in [2.75, 3.05) is 0 Å². The van der Waals surface area contributed by atoms with Crippen LogP contribution in [0.15, 0.2) is 11.6 Å². The highest BCUT2D eigenvalue weighted by Crippen LogP contribution is 2.59. The molecule has 5 rings (SSSR count). The molecule has 0 spiro atoms. The van der Waals surface area contributed by atoms with Crippen LogP contribution >= 0.6 is 0 Å². The average Bonchev–Trinajstić information content (AvgIpc) is 3.15. The van der Waals surface area contributed by atoms with Gasteiger partial charge in [0.1, 0.15) is 0 Å². The van der Waals surface area contributed by atoms with Gasteiger partial charge in [-0.05, 0) is 106 Å². The third kappa shape index (κ3) is 3.48. The molecule has 0 aromatic rings. The Morgan fingerprint density at radius 2 is 1.59 bits per heavy atom. The molecule has 8 unspecified atom stereocenters. The maximum atomic E-state index is 12.7. The number of allylic oxidation sites excluding steroid dienone is 2. The Hall–Kier alpha value is -0.560. The van der Waals surface area contributed by atoms with Crippen LogP contribution < -0.4 is 0 Å². The van der Waals surface area contributed by atoms with Crippen LogP contribution in [0.5, 0.6) is 0 Å². The van der Waals surface area contributed by atoms with Crippen molar-refractivity contribution in [3.8, 4) is 0 Å². The minimum atomic E-state index is -5.49. The van der Waals surface area contributed by atoms with Gasteiger partial charge >= 0.3 is 15.6 Å². The van der Waals surface area contributed by atoms with Crippen molar-refractivity contribution in [2.24, 2.45) is 41.4 Å². The van der Waals surface area contributed by atoms with Crippen LogP contribution in [-0.2, 0) is 14.3 Å². The summed E-state index contributed by atoms with van der Waals surface area (Å²) < 4.78 is 65.4. The number of rotatable bonds is 2. The van der Waals surface area contributed by atoms with Crippen molar-refractivity contribution in [3.05, 3.63) is 11.6 Å². The summed E-state index contributed by atoms with van der Waals surface area (Å²) in [6.45, 7) is 0. The van der Waals surface area contributed by atoms with E-state index >= 15 is 0 Å². The van der Waals surface area contributed by atoms with E-state index in [1.807, 2.05) is 0 Å². The smallest absolute Gasteiger partial charge is 0.260 e. The zero-order valence-corrected chi connectivity index (χ0v) is 17.6. The van der Waals surface area contributed by atoms with Crippen LogP contribution in [0.3, 0.4) is 0 Å². The minimum absolute atomic E-state index is 0.302. The van der Waals surface area contributed by atoms with E-state index < -0.39 is 21.7 Å². The van der Waals surface area contributed by atoms with Gasteiger partial charge in [0.15, 0.2) is 0 Å². The summed E-state index contributed by atoms with van der Waals surface area (Å²) in [5, 5.41) is 0. The van der Waals surface area contributed by atoms with Gasteiger partial charge in [-0.1, -0.05) is 18.1 Å². The first-order valence-corrected chi connectivity index (χ1v) is 12.8. The van der Waals surface area contributed by atoms with Gasteiger partial charge in [0.2, 0.25) is 0 Å². The van der Waals surface area contributed by atoms with Crippen molar-refractivity contribution >= 4 is 10.1 Å².